The number of hydrogen-bond donors (Lipinski definition) is 4. The maximum Gasteiger partial charge on any atom is 0.315 e. The van der Waals surface area contributed by atoms with Crippen LogP contribution in [0.4, 0.5) is 21.9 Å². The van der Waals surface area contributed by atoms with Gasteiger partial charge in [-0.3, -0.25) is 4.79 Å². The van der Waals surface area contributed by atoms with Crippen molar-refractivity contribution in [3.8, 4) is 0 Å². The zero-order chi connectivity index (χ0) is 24.1. The molecule has 1 aliphatic rings. The fourth-order valence-electron chi connectivity index (χ4n) is 4.39. The lowest BCUT2D eigenvalue weighted by Crippen LogP contribution is -2.38. The average molecular weight is 458 g/mol. The molecule has 3 aromatic carbocycles. The SMILES string of the molecule is CN(C)c1ccccc1CCNC(=O)NC1CCc2cc(C(=O)Nc3ccccc3N)ccc21. The van der Waals surface area contributed by atoms with Gasteiger partial charge in [0, 0.05) is 31.9 Å². The van der Waals surface area contributed by atoms with Crippen LogP contribution in [0.1, 0.15) is 39.5 Å². The summed E-state index contributed by atoms with van der Waals surface area (Å²) in [5.41, 5.74) is 12.1. The van der Waals surface area contributed by atoms with Crippen molar-refractivity contribution in [2.75, 3.05) is 36.6 Å². The number of benzene rings is 3. The van der Waals surface area contributed by atoms with E-state index >= 15 is 0 Å². The van der Waals surface area contributed by atoms with Crippen molar-refractivity contribution >= 4 is 29.0 Å². The number of nitrogens with one attached hydrogen (secondary N) is 3. The first kappa shape index (κ1) is 23.2. The van der Waals surface area contributed by atoms with Crippen LogP contribution >= 0.6 is 0 Å². The molecule has 1 unspecified atom stereocenters. The van der Waals surface area contributed by atoms with E-state index in [4.69, 9.17) is 5.73 Å². The molecule has 4 rings (SSSR count). The van der Waals surface area contributed by atoms with Crippen molar-refractivity contribution in [1.82, 2.24) is 10.6 Å². The van der Waals surface area contributed by atoms with E-state index < -0.39 is 0 Å². The van der Waals surface area contributed by atoms with Gasteiger partial charge in [-0.05, 0) is 66.3 Å². The zero-order valence-electron chi connectivity index (χ0n) is 19.6. The molecule has 0 spiro atoms. The van der Waals surface area contributed by atoms with Gasteiger partial charge >= 0.3 is 6.03 Å². The molecule has 0 fully saturated rings. The topological polar surface area (TPSA) is 99.5 Å². The van der Waals surface area contributed by atoms with Crippen molar-refractivity contribution in [2.45, 2.75) is 25.3 Å². The second-order valence-electron chi connectivity index (χ2n) is 8.72. The van der Waals surface area contributed by atoms with Gasteiger partial charge in [0.15, 0.2) is 0 Å². The number of nitrogens with zero attached hydrogens (tertiary/aromatic N) is 1. The van der Waals surface area contributed by atoms with Gasteiger partial charge in [0.1, 0.15) is 0 Å². The lowest BCUT2D eigenvalue weighted by Gasteiger charge is -2.18. The number of rotatable bonds is 7. The molecule has 5 N–H and O–H groups in total. The van der Waals surface area contributed by atoms with Crippen LogP contribution in [-0.4, -0.2) is 32.6 Å². The van der Waals surface area contributed by atoms with Crippen LogP contribution in [0.3, 0.4) is 0 Å². The van der Waals surface area contributed by atoms with Gasteiger partial charge in [-0.25, -0.2) is 4.79 Å². The monoisotopic (exact) mass is 457 g/mol. The Bertz CT molecular complexity index is 1190. The Hall–Kier alpha value is -4.00. The number of carbonyl (C=O) groups is 2. The summed E-state index contributed by atoms with van der Waals surface area (Å²) in [5.74, 6) is -0.201. The number of nitrogens with two attached hydrogens (primary N) is 1. The highest BCUT2D eigenvalue weighted by molar-refractivity contribution is 6.05. The molecule has 1 atom stereocenters. The summed E-state index contributed by atoms with van der Waals surface area (Å²) in [7, 11) is 4.03. The van der Waals surface area contributed by atoms with E-state index in [2.05, 4.69) is 33.0 Å². The van der Waals surface area contributed by atoms with Crippen LogP contribution in [0.2, 0.25) is 0 Å². The first-order valence-corrected chi connectivity index (χ1v) is 11.5. The van der Waals surface area contributed by atoms with Crippen molar-refractivity contribution in [3.05, 3.63) is 89.0 Å². The number of fused-ring (bicyclic) bond motifs is 1. The first-order valence-electron chi connectivity index (χ1n) is 11.5. The summed E-state index contributed by atoms with van der Waals surface area (Å²) < 4.78 is 0. The van der Waals surface area contributed by atoms with Crippen molar-refractivity contribution in [2.24, 2.45) is 0 Å². The molecule has 0 aromatic heterocycles. The molecule has 0 heterocycles. The summed E-state index contributed by atoms with van der Waals surface area (Å²) in [6.07, 6.45) is 2.38. The quantitative estimate of drug-likeness (QED) is 0.401. The fraction of sp³-hybridized carbons (Fsp3) is 0.259. The standard InChI is InChI=1S/C27H31N5O2/c1-32(2)25-10-6-3-7-18(25)15-16-29-27(34)31-23-14-12-19-17-20(11-13-21(19)23)26(33)30-24-9-5-4-8-22(24)28/h3-11,13,17,23H,12,14-16,28H2,1-2H3,(H,30,33)(H2,29,31,34). The summed E-state index contributed by atoms with van der Waals surface area (Å²) in [5, 5.41) is 8.91. The van der Waals surface area contributed by atoms with Crippen LogP contribution < -0.4 is 26.6 Å². The fourth-order valence-corrected chi connectivity index (χ4v) is 4.39. The van der Waals surface area contributed by atoms with Gasteiger partial charge in [0.05, 0.1) is 17.4 Å². The van der Waals surface area contributed by atoms with Gasteiger partial charge in [0.2, 0.25) is 0 Å². The van der Waals surface area contributed by atoms with Crippen molar-refractivity contribution in [3.63, 3.8) is 0 Å². The Labute approximate surface area is 200 Å². The van der Waals surface area contributed by atoms with Crippen LogP contribution in [0.5, 0.6) is 0 Å². The third-order valence-electron chi connectivity index (χ3n) is 6.15. The number of hydrogen-bond acceptors (Lipinski definition) is 4. The first-order chi connectivity index (χ1) is 16.4. The molecule has 0 saturated carbocycles. The van der Waals surface area contributed by atoms with Crippen LogP contribution in [0.25, 0.3) is 0 Å². The number of amides is 3. The summed E-state index contributed by atoms with van der Waals surface area (Å²) in [6, 6.07) is 20.8. The van der Waals surface area contributed by atoms with Gasteiger partial charge in [0.25, 0.3) is 5.91 Å². The highest BCUT2D eigenvalue weighted by Gasteiger charge is 2.25. The minimum atomic E-state index is -0.201. The number of aryl methyl sites for hydroxylation is 1. The van der Waals surface area contributed by atoms with Crippen LogP contribution in [0, 0.1) is 0 Å². The smallest absolute Gasteiger partial charge is 0.315 e. The molecule has 34 heavy (non-hydrogen) atoms. The molecule has 0 bridgehead atoms. The van der Waals surface area contributed by atoms with Gasteiger partial charge in [-0.15, -0.1) is 0 Å². The summed E-state index contributed by atoms with van der Waals surface area (Å²) in [4.78, 5) is 27.3. The maximum absolute atomic E-state index is 12.7. The second kappa shape index (κ2) is 10.3. The van der Waals surface area contributed by atoms with E-state index in [1.165, 1.54) is 5.56 Å². The minimum Gasteiger partial charge on any atom is -0.397 e. The van der Waals surface area contributed by atoms with E-state index in [0.717, 1.165) is 36.1 Å². The minimum absolute atomic E-state index is 0.0639. The third-order valence-corrected chi connectivity index (χ3v) is 6.15. The number of para-hydroxylation sites is 3. The predicted octanol–water partition coefficient (Wildman–Crippen LogP) is 4.12. The molecule has 176 valence electrons. The molecule has 0 saturated heterocycles. The molecule has 3 amide bonds. The molecule has 0 radical (unpaired) electrons. The lowest BCUT2D eigenvalue weighted by atomic mass is 10.0. The number of nitrogen functional groups attached to an aromatic ring is 1. The third kappa shape index (κ3) is 5.31. The molecule has 7 nitrogen and oxygen atoms in total. The van der Waals surface area contributed by atoms with Crippen molar-refractivity contribution in [1.29, 1.82) is 0 Å². The second-order valence-corrected chi connectivity index (χ2v) is 8.72. The van der Waals surface area contributed by atoms with Gasteiger partial charge in [-0.1, -0.05) is 36.4 Å². The predicted molar refractivity (Wildman–Crippen MR) is 137 cm³/mol. The Kier molecular flexibility index (Phi) is 7.01. The molecular formula is C27H31N5O2. The Balaban J connectivity index is 1.32. The number of carbonyl (C=O) groups excluding carboxylic acids is 2. The van der Waals surface area contributed by atoms with E-state index in [1.54, 1.807) is 18.2 Å². The van der Waals surface area contributed by atoms with E-state index in [-0.39, 0.29) is 18.0 Å². The summed E-state index contributed by atoms with van der Waals surface area (Å²) >= 11 is 0. The Morgan fingerprint density at radius 1 is 1.03 bits per heavy atom. The zero-order valence-corrected chi connectivity index (χ0v) is 19.6. The van der Waals surface area contributed by atoms with E-state index in [0.29, 0.717) is 23.5 Å². The number of anilines is 3. The molecule has 1 aliphatic carbocycles. The van der Waals surface area contributed by atoms with Gasteiger partial charge < -0.3 is 26.6 Å². The summed E-state index contributed by atoms with van der Waals surface area (Å²) in [6.45, 7) is 0.554. The largest absolute Gasteiger partial charge is 0.397 e. The van der Waals surface area contributed by atoms with E-state index in [1.807, 2.05) is 50.5 Å². The number of urea groups is 1. The Morgan fingerprint density at radius 3 is 2.59 bits per heavy atom. The normalized spacial score (nSPS) is 14.2. The average Bonchev–Trinajstić information content (AvgIpc) is 3.22. The maximum atomic E-state index is 12.7. The molecule has 3 aromatic rings. The molecule has 7 heteroatoms. The van der Waals surface area contributed by atoms with E-state index in [9.17, 15) is 9.59 Å². The molecule has 0 aliphatic heterocycles. The van der Waals surface area contributed by atoms with Crippen LogP contribution in [0.15, 0.2) is 66.7 Å². The highest BCUT2D eigenvalue weighted by atomic mass is 16.2. The van der Waals surface area contributed by atoms with Gasteiger partial charge in [-0.2, -0.15) is 0 Å². The van der Waals surface area contributed by atoms with Crippen LogP contribution in [-0.2, 0) is 12.8 Å². The lowest BCUT2D eigenvalue weighted by molar-refractivity contribution is 0.102. The Morgan fingerprint density at radius 2 is 1.79 bits per heavy atom. The van der Waals surface area contributed by atoms with Crippen molar-refractivity contribution < 1.29 is 9.59 Å². The highest BCUT2D eigenvalue weighted by Crippen LogP contribution is 2.32. The molecular weight excluding hydrogens is 426 g/mol.